The summed E-state index contributed by atoms with van der Waals surface area (Å²) in [5.41, 5.74) is 3.86. The molecule has 1 fully saturated rings. The topological polar surface area (TPSA) is 32.3 Å². The third-order valence-corrected chi connectivity index (χ3v) is 5.33. The molecule has 2 aromatic carbocycles. The molecule has 0 radical (unpaired) electrons. The first kappa shape index (κ1) is 18.9. The molecule has 4 heteroatoms. The van der Waals surface area contributed by atoms with Crippen molar-refractivity contribution in [2.45, 2.75) is 32.7 Å². The Hall–Kier alpha value is -1.84. The Bertz CT molecular complexity index is 721. The smallest absolute Gasteiger partial charge is 0.223 e. The Kier molecular flexibility index (Phi) is 6.70. The highest BCUT2D eigenvalue weighted by atomic mass is 35.5. The molecule has 1 amide bonds. The van der Waals surface area contributed by atoms with Gasteiger partial charge in [-0.1, -0.05) is 53.6 Å². The molecule has 1 N–H and O–H groups in total. The van der Waals surface area contributed by atoms with Crippen molar-refractivity contribution in [3.63, 3.8) is 0 Å². The molecule has 2 aromatic rings. The van der Waals surface area contributed by atoms with Crippen LogP contribution in [0.1, 0.15) is 29.5 Å². The van der Waals surface area contributed by atoms with E-state index in [1.165, 1.54) is 16.7 Å². The van der Waals surface area contributed by atoms with E-state index in [0.717, 1.165) is 43.9 Å². The van der Waals surface area contributed by atoms with E-state index in [2.05, 4.69) is 41.4 Å². The third-order valence-electron chi connectivity index (χ3n) is 5.07. The van der Waals surface area contributed by atoms with Gasteiger partial charge in [0, 0.05) is 24.0 Å². The van der Waals surface area contributed by atoms with Gasteiger partial charge in [0.2, 0.25) is 5.91 Å². The Morgan fingerprint density at radius 1 is 1.12 bits per heavy atom. The maximum atomic E-state index is 12.4. The average Bonchev–Trinajstić information content (AvgIpc) is 2.64. The minimum absolute atomic E-state index is 0.147. The van der Waals surface area contributed by atoms with Crippen molar-refractivity contribution in [2.75, 3.05) is 19.6 Å². The van der Waals surface area contributed by atoms with Crippen LogP contribution in [0.2, 0.25) is 5.02 Å². The van der Waals surface area contributed by atoms with Crippen LogP contribution in [-0.2, 0) is 17.8 Å². The molecule has 1 aliphatic rings. The molecule has 3 rings (SSSR count). The largest absolute Gasteiger partial charge is 0.356 e. The van der Waals surface area contributed by atoms with Gasteiger partial charge in [0.25, 0.3) is 0 Å². The van der Waals surface area contributed by atoms with Crippen LogP contribution in [0.3, 0.4) is 0 Å². The lowest BCUT2D eigenvalue weighted by atomic mass is 9.95. The zero-order valence-electron chi connectivity index (χ0n) is 15.4. The first-order valence-corrected chi connectivity index (χ1v) is 9.78. The number of nitrogens with zero attached hydrogens (tertiary/aromatic N) is 1. The lowest BCUT2D eigenvalue weighted by Gasteiger charge is -2.31. The second kappa shape index (κ2) is 9.20. The number of halogens is 1. The van der Waals surface area contributed by atoms with Crippen molar-refractivity contribution in [1.29, 1.82) is 0 Å². The highest BCUT2D eigenvalue weighted by molar-refractivity contribution is 6.30. The van der Waals surface area contributed by atoms with Gasteiger partial charge in [-0.3, -0.25) is 9.69 Å². The molecule has 0 atom stereocenters. The molecule has 3 nitrogen and oxygen atoms in total. The first-order chi connectivity index (χ1) is 12.6. The Morgan fingerprint density at radius 3 is 2.54 bits per heavy atom. The van der Waals surface area contributed by atoms with Gasteiger partial charge >= 0.3 is 0 Å². The van der Waals surface area contributed by atoms with Crippen LogP contribution < -0.4 is 5.32 Å². The first-order valence-electron chi connectivity index (χ1n) is 9.40. The second-order valence-corrected chi connectivity index (χ2v) is 7.64. The Labute approximate surface area is 161 Å². The minimum Gasteiger partial charge on any atom is -0.356 e. The molecule has 1 heterocycles. The van der Waals surface area contributed by atoms with Gasteiger partial charge in [-0.2, -0.15) is 0 Å². The van der Waals surface area contributed by atoms with Gasteiger partial charge in [-0.25, -0.2) is 0 Å². The van der Waals surface area contributed by atoms with Crippen LogP contribution in [0.25, 0.3) is 0 Å². The van der Waals surface area contributed by atoms with Gasteiger partial charge in [0.1, 0.15) is 0 Å². The highest BCUT2D eigenvalue weighted by Gasteiger charge is 2.24. The van der Waals surface area contributed by atoms with Gasteiger partial charge < -0.3 is 5.32 Å². The summed E-state index contributed by atoms with van der Waals surface area (Å²) in [6.07, 6.45) is 2.73. The Morgan fingerprint density at radius 2 is 1.85 bits per heavy atom. The number of carbonyl (C=O) groups is 1. The number of aryl methyl sites for hydroxylation is 1. The zero-order valence-corrected chi connectivity index (χ0v) is 16.1. The summed E-state index contributed by atoms with van der Waals surface area (Å²) in [6.45, 7) is 5.77. The van der Waals surface area contributed by atoms with E-state index in [9.17, 15) is 4.79 Å². The molecular weight excluding hydrogens is 344 g/mol. The van der Waals surface area contributed by atoms with Crippen LogP contribution in [0, 0.1) is 12.8 Å². The van der Waals surface area contributed by atoms with Crippen molar-refractivity contribution in [3.8, 4) is 0 Å². The summed E-state index contributed by atoms with van der Waals surface area (Å²) in [6, 6.07) is 16.5. The number of hydrogen-bond acceptors (Lipinski definition) is 2. The maximum Gasteiger partial charge on any atom is 0.223 e. The maximum absolute atomic E-state index is 12.4. The molecule has 26 heavy (non-hydrogen) atoms. The predicted molar refractivity (Wildman–Crippen MR) is 107 cm³/mol. The van der Waals surface area contributed by atoms with Gasteiger partial charge in [0.05, 0.1) is 0 Å². The summed E-state index contributed by atoms with van der Waals surface area (Å²) < 4.78 is 0. The van der Waals surface area contributed by atoms with Gasteiger partial charge in [0.15, 0.2) is 0 Å². The summed E-state index contributed by atoms with van der Waals surface area (Å²) in [5.74, 6) is 0.350. The number of benzene rings is 2. The standard InChI is InChI=1S/C22H27ClN2O/c1-17-3-2-4-19(15-17)16-25-13-10-20(11-14-25)22(26)24-12-9-18-5-7-21(23)8-6-18/h2-8,15,20H,9-14,16H2,1H3,(H,24,26). The number of hydrogen-bond donors (Lipinski definition) is 1. The van der Waals surface area contributed by atoms with Crippen LogP contribution >= 0.6 is 11.6 Å². The van der Waals surface area contributed by atoms with Crippen molar-refractivity contribution in [3.05, 3.63) is 70.2 Å². The van der Waals surface area contributed by atoms with E-state index < -0.39 is 0 Å². The number of likely N-dealkylation sites (tertiary alicyclic amines) is 1. The van der Waals surface area contributed by atoms with Crippen LogP contribution in [0.4, 0.5) is 0 Å². The molecule has 0 aromatic heterocycles. The van der Waals surface area contributed by atoms with Crippen molar-refractivity contribution >= 4 is 17.5 Å². The number of amides is 1. The van der Waals surface area contributed by atoms with Crippen LogP contribution in [0.15, 0.2) is 48.5 Å². The van der Waals surface area contributed by atoms with E-state index in [4.69, 9.17) is 11.6 Å². The monoisotopic (exact) mass is 370 g/mol. The van der Waals surface area contributed by atoms with Crippen molar-refractivity contribution in [1.82, 2.24) is 10.2 Å². The summed E-state index contributed by atoms with van der Waals surface area (Å²) in [7, 11) is 0. The molecular formula is C22H27ClN2O. The molecule has 0 spiro atoms. The second-order valence-electron chi connectivity index (χ2n) is 7.21. The Balaban J connectivity index is 1.38. The molecule has 0 unspecified atom stereocenters. The minimum atomic E-state index is 0.147. The van der Waals surface area contributed by atoms with E-state index in [1.807, 2.05) is 24.3 Å². The van der Waals surface area contributed by atoms with Crippen LogP contribution in [0.5, 0.6) is 0 Å². The fourth-order valence-electron chi connectivity index (χ4n) is 3.55. The quantitative estimate of drug-likeness (QED) is 0.825. The summed E-state index contributed by atoms with van der Waals surface area (Å²) >= 11 is 5.89. The lowest BCUT2D eigenvalue weighted by molar-refractivity contribution is -0.126. The normalized spacial score (nSPS) is 15.8. The van der Waals surface area contributed by atoms with E-state index >= 15 is 0 Å². The van der Waals surface area contributed by atoms with E-state index in [-0.39, 0.29) is 11.8 Å². The molecule has 0 saturated carbocycles. The SMILES string of the molecule is Cc1cccc(CN2CCC(C(=O)NCCc3ccc(Cl)cc3)CC2)c1. The van der Waals surface area contributed by atoms with E-state index in [0.29, 0.717) is 6.54 Å². The predicted octanol–water partition coefficient (Wildman–Crippen LogP) is 4.22. The number of carbonyl (C=O) groups excluding carboxylic acids is 1. The van der Waals surface area contributed by atoms with E-state index in [1.54, 1.807) is 0 Å². The zero-order chi connectivity index (χ0) is 18.4. The molecule has 138 valence electrons. The fourth-order valence-corrected chi connectivity index (χ4v) is 3.67. The number of piperidine rings is 1. The van der Waals surface area contributed by atoms with Crippen molar-refractivity contribution in [2.24, 2.45) is 5.92 Å². The molecule has 1 saturated heterocycles. The summed E-state index contributed by atoms with van der Waals surface area (Å²) in [5, 5.41) is 3.84. The van der Waals surface area contributed by atoms with Gasteiger partial charge in [-0.15, -0.1) is 0 Å². The highest BCUT2D eigenvalue weighted by Crippen LogP contribution is 2.19. The van der Waals surface area contributed by atoms with Crippen LogP contribution in [-0.4, -0.2) is 30.4 Å². The fraction of sp³-hybridized carbons (Fsp3) is 0.409. The molecule has 0 aliphatic carbocycles. The van der Waals surface area contributed by atoms with Gasteiger partial charge in [-0.05, 0) is 62.5 Å². The number of nitrogens with one attached hydrogen (secondary N) is 1. The lowest BCUT2D eigenvalue weighted by Crippen LogP contribution is -2.40. The summed E-state index contributed by atoms with van der Waals surface area (Å²) in [4.78, 5) is 14.9. The third kappa shape index (κ3) is 5.58. The average molecular weight is 371 g/mol. The molecule has 1 aliphatic heterocycles. The molecule has 0 bridgehead atoms. The number of rotatable bonds is 6. The van der Waals surface area contributed by atoms with Crippen molar-refractivity contribution < 1.29 is 4.79 Å².